The molecule has 1 fully saturated rings. The number of piperazine rings is 1. The summed E-state index contributed by atoms with van der Waals surface area (Å²) in [5.41, 5.74) is 2.49. The van der Waals surface area contributed by atoms with Crippen molar-refractivity contribution in [2.75, 3.05) is 31.1 Å². The molecule has 2 N–H and O–H groups in total. The van der Waals surface area contributed by atoms with Crippen LogP contribution in [-0.2, 0) is 6.42 Å². The van der Waals surface area contributed by atoms with E-state index in [0.717, 1.165) is 32.6 Å². The van der Waals surface area contributed by atoms with Gasteiger partial charge in [-0.1, -0.05) is 12.1 Å². The molecule has 3 heteroatoms. The summed E-state index contributed by atoms with van der Waals surface area (Å²) in [6.07, 6.45) is 0.479. The zero-order valence-corrected chi connectivity index (χ0v) is 9.82. The third-order valence-electron chi connectivity index (χ3n) is 2.95. The van der Waals surface area contributed by atoms with E-state index in [2.05, 4.69) is 34.5 Å². The van der Waals surface area contributed by atoms with Crippen molar-refractivity contribution in [1.82, 2.24) is 5.32 Å². The van der Waals surface area contributed by atoms with Crippen LogP contribution in [0.5, 0.6) is 0 Å². The van der Waals surface area contributed by atoms with Crippen molar-refractivity contribution in [1.29, 1.82) is 0 Å². The van der Waals surface area contributed by atoms with Crippen LogP contribution in [0.1, 0.15) is 12.5 Å². The van der Waals surface area contributed by atoms with Crippen LogP contribution in [0.25, 0.3) is 0 Å². The summed E-state index contributed by atoms with van der Waals surface area (Å²) in [7, 11) is 0. The first-order chi connectivity index (χ1) is 7.75. The smallest absolute Gasteiger partial charge is 0.0552 e. The van der Waals surface area contributed by atoms with Gasteiger partial charge in [0, 0.05) is 31.9 Å². The lowest BCUT2D eigenvalue weighted by Gasteiger charge is -2.29. The number of nitrogens with zero attached hydrogens (tertiary/aromatic N) is 1. The summed E-state index contributed by atoms with van der Waals surface area (Å²) in [4.78, 5) is 2.39. The van der Waals surface area contributed by atoms with Gasteiger partial charge in [-0.3, -0.25) is 0 Å². The first-order valence-electron chi connectivity index (χ1n) is 5.98. The molecule has 1 heterocycles. The normalized spacial score (nSPS) is 18.5. The number of anilines is 1. The summed E-state index contributed by atoms with van der Waals surface area (Å²) >= 11 is 0. The largest absolute Gasteiger partial charge is 0.393 e. The predicted octanol–water partition coefficient (Wildman–Crippen LogP) is 1.02. The number of rotatable bonds is 3. The lowest BCUT2D eigenvalue weighted by atomic mass is 10.1. The molecule has 0 aliphatic carbocycles. The molecule has 3 nitrogen and oxygen atoms in total. The quantitative estimate of drug-likeness (QED) is 0.798. The number of hydrogen-bond donors (Lipinski definition) is 2. The Kier molecular flexibility index (Phi) is 3.80. The van der Waals surface area contributed by atoms with Gasteiger partial charge in [-0.15, -0.1) is 0 Å². The molecule has 1 unspecified atom stereocenters. The van der Waals surface area contributed by atoms with Gasteiger partial charge in [0.15, 0.2) is 0 Å². The molecule has 0 saturated carbocycles. The molecule has 1 aromatic rings. The predicted molar refractivity (Wildman–Crippen MR) is 66.9 cm³/mol. The monoisotopic (exact) mass is 220 g/mol. The molecule has 0 bridgehead atoms. The van der Waals surface area contributed by atoms with Gasteiger partial charge in [-0.25, -0.2) is 0 Å². The first-order valence-corrected chi connectivity index (χ1v) is 5.98. The van der Waals surface area contributed by atoms with E-state index in [0.29, 0.717) is 0 Å². The highest BCUT2D eigenvalue weighted by molar-refractivity contribution is 5.48. The van der Waals surface area contributed by atoms with E-state index in [-0.39, 0.29) is 6.10 Å². The Balaban J connectivity index is 2.00. The van der Waals surface area contributed by atoms with Crippen LogP contribution in [0.2, 0.25) is 0 Å². The zero-order chi connectivity index (χ0) is 11.4. The maximum Gasteiger partial charge on any atom is 0.0552 e. The maximum absolute atomic E-state index is 9.31. The van der Waals surface area contributed by atoms with E-state index in [4.69, 9.17) is 0 Å². The molecule has 88 valence electrons. The van der Waals surface area contributed by atoms with Crippen LogP contribution in [0, 0.1) is 0 Å². The second-order valence-electron chi connectivity index (χ2n) is 4.46. The first kappa shape index (κ1) is 11.4. The van der Waals surface area contributed by atoms with Crippen molar-refractivity contribution < 1.29 is 5.11 Å². The number of benzene rings is 1. The van der Waals surface area contributed by atoms with E-state index >= 15 is 0 Å². The Hall–Kier alpha value is -1.06. The minimum Gasteiger partial charge on any atom is -0.393 e. The van der Waals surface area contributed by atoms with Gasteiger partial charge in [0.1, 0.15) is 0 Å². The maximum atomic E-state index is 9.31. The minimum atomic E-state index is -0.259. The molecule has 16 heavy (non-hydrogen) atoms. The van der Waals surface area contributed by atoms with E-state index in [1.807, 2.05) is 6.92 Å². The number of hydrogen-bond acceptors (Lipinski definition) is 3. The summed E-state index contributed by atoms with van der Waals surface area (Å²) in [5, 5.41) is 12.7. The second-order valence-corrected chi connectivity index (χ2v) is 4.46. The average Bonchev–Trinajstić information content (AvgIpc) is 2.30. The molecule has 1 atom stereocenters. The zero-order valence-electron chi connectivity index (χ0n) is 9.82. The van der Waals surface area contributed by atoms with Crippen molar-refractivity contribution >= 4 is 5.69 Å². The standard InChI is InChI=1S/C13H20N2O/c1-11(16)10-12-2-4-13(5-3-12)15-8-6-14-7-9-15/h2-5,11,14,16H,6-10H2,1H3. The molecule has 1 aromatic carbocycles. The average molecular weight is 220 g/mol. The van der Waals surface area contributed by atoms with Gasteiger partial charge in [-0.05, 0) is 31.0 Å². The molecule has 0 radical (unpaired) electrons. The molecule has 1 aliphatic heterocycles. The van der Waals surface area contributed by atoms with Crippen LogP contribution >= 0.6 is 0 Å². The fraction of sp³-hybridized carbons (Fsp3) is 0.538. The molecule has 0 aromatic heterocycles. The van der Waals surface area contributed by atoms with Crippen molar-refractivity contribution in [2.45, 2.75) is 19.4 Å². The third-order valence-corrected chi connectivity index (χ3v) is 2.95. The van der Waals surface area contributed by atoms with Crippen LogP contribution < -0.4 is 10.2 Å². The van der Waals surface area contributed by atoms with E-state index in [9.17, 15) is 5.11 Å². The Labute approximate surface area is 97.1 Å². The molecule has 2 rings (SSSR count). The molecular weight excluding hydrogens is 200 g/mol. The highest BCUT2D eigenvalue weighted by atomic mass is 16.3. The Bertz CT molecular complexity index is 315. The summed E-state index contributed by atoms with van der Waals surface area (Å²) < 4.78 is 0. The summed E-state index contributed by atoms with van der Waals surface area (Å²) in [5.74, 6) is 0. The Morgan fingerprint density at radius 1 is 1.25 bits per heavy atom. The molecular formula is C13H20N2O. The fourth-order valence-electron chi connectivity index (χ4n) is 2.11. The fourth-order valence-corrected chi connectivity index (χ4v) is 2.11. The number of nitrogens with one attached hydrogen (secondary N) is 1. The van der Waals surface area contributed by atoms with Crippen LogP contribution in [0.4, 0.5) is 5.69 Å². The van der Waals surface area contributed by atoms with Gasteiger partial charge < -0.3 is 15.3 Å². The molecule has 1 aliphatic rings. The minimum absolute atomic E-state index is 0.259. The Morgan fingerprint density at radius 3 is 2.44 bits per heavy atom. The van der Waals surface area contributed by atoms with Gasteiger partial charge in [0.2, 0.25) is 0 Å². The molecule has 0 spiro atoms. The van der Waals surface area contributed by atoms with E-state index in [1.165, 1.54) is 11.3 Å². The van der Waals surface area contributed by atoms with Gasteiger partial charge in [0.25, 0.3) is 0 Å². The number of aliphatic hydroxyl groups is 1. The van der Waals surface area contributed by atoms with Crippen molar-refractivity contribution in [3.8, 4) is 0 Å². The van der Waals surface area contributed by atoms with Crippen molar-refractivity contribution in [2.24, 2.45) is 0 Å². The van der Waals surface area contributed by atoms with E-state index < -0.39 is 0 Å². The lowest BCUT2D eigenvalue weighted by molar-refractivity contribution is 0.195. The van der Waals surface area contributed by atoms with E-state index in [1.54, 1.807) is 0 Å². The van der Waals surface area contributed by atoms with Crippen molar-refractivity contribution in [3.63, 3.8) is 0 Å². The van der Waals surface area contributed by atoms with Crippen LogP contribution in [0.15, 0.2) is 24.3 Å². The summed E-state index contributed by atoms with van der Waals surface area (Å²) in [6.45, 7) is 6.11. The van der Waals surface area contributed by atoms with Gasteiger partial charge >= 0.3 is 0 Å². The number of aliphatic hydroxyl groups excluding tert-OH is 1. The lowest BCUT2D eigenvalue weighted by Crippen LogP contribution is -2.43. The van der Waals surface area contributed by atoms with Crippen LogP contribution in [-0.4, -0.2) is 37.4 Å². The highest BCUT2D eigenvalue weighted by Crippen LogP contribution is 2.16. The van der Waals surface area contributed by atoms with Gasteiger partial charge in [-0.2, -0.15) is 0 Å². The SMILES string of the molecule is CC(O)Cc1ccc(N2CCNCC2)cc1. The Morgan fingerprint density at radius 2 is 1.88 bits per heavy atom. The molecule has 1 saturated heterocycles. The van der Waals surface area contributed by atoms with Crippen LogP contribution in [0.3, 0.4) is 0 Å². The van der Waals surface area contributed by atoms with Crippen molar-refractivity contribution in [3.05, 3.63) is 29.8 Å². The third kappa shape index (κ3) is 2.97. The van der Waals surface area contributed by atoms with Gasteiger partial charge in [0.05, 0.1) is 6.10 Å². The second kappa shape index (κ2) is 5.32. The molecule has 0 amide bonds. The topological polar surface area (TPSA) is 35.5 Å². The summed E-state index contributed by atoms with van der Waals surface area (Å²) in [6, 6.07) is 8.54. The highest BCUT2D eigenvalue weighted by Gasteiger charge is 2.09.